The number of aliphatic hydroxyl groups excluding tert-OH is 1. The van der Waals surface area contributed by atoms with Crippen LogP contribution in [0.4, 0.5) is 0 Å². The molecule has 2 bridgehead atoms. The topological polar surface area (TPSA) is 87.1 Å². The van der Waals surface area contributed by atoms with E-state index < -0.39 is 27.4 Å². The Balaban J connectivity index is 1.90. The third kappa shape index (κ3) is 6.16. The Hall–Kier alpha value is -1.80. The van der Waals surface area contributed by atoms with E-state index in [1.54, 1.807) is 22.7 Å². The molecule has 3 rings (SSSR count). The summed E-state index contributed by atoms with van der Waals surface area (Å²) in [6.45, 7) is 13.9. The van der Waals surface area contributed by atoms with E-state index in [4.69, 9.17) is 9.84 Å². The first kappa shape index (κ1) is 30.7. The molecule has 3 fully saturated rings. The van der Waals surface area contributed by atoms with Gasteiger partial charge in [0.2, 0.25) is 11.8 Å². The molecule has 2 unspecified atom stereocenters. The van der Waals surface area contributed by atoms with Gasteiger partial charge < -0.3 is 19.6 Å². The number of esters is 1. The highest BCUT2D eigenvalue weighted by molar-refractivity contribution is 8.02. The third-order valence-electron chi connectivity index (χ3n) is 8.56. The average molecular weight is 549 g/mol. The molecule has 1 N–H and O–H groups in total. The van der Waals surface area contributed by atoms with E-state index in [2.05, 4.69) is 27.0 Å². The van der Waals surface area contributed by atoms with Gasteiger partial charge in [-0.2, -0.15) is 0 Å². The van der Waals surface area contributed by atoms with Crippen molar-refractivity contribution in [1.29, 1.82) is 0 Å². The Morgan fingerprint density at radius 3 is 2.58 bits per heavy atom. The summed E-state index contributed by atoms with van der Waals surface area (Å²) in [6, 6.07) is -0.579. The van der Waals surface area contributed by atoms with Crippen LogP contribution in [0.1, 0.15) is 84.5 Å². The lowest BCUT2D eigenvalue weighted by Gasteiger charge is -2.37. The van der Waals surface area contributed by atoms with Crippen LogP contribution in [0, 0.1) is 11.8 Å². The number of aliphatic hydroxyl groups is 1. The molecule has 8 heteroatoms. The lowest BCUT2D eigenvalue weighted by molar-refractivity contribution is -0.155. The summed E-state index contributed by atoms with van der Waals surface area (Å²) in [5, 5.41) is 9.14. The van der Waals surface area contributed by atoms with E-state index in [1.165, 1.54) is 0 Å². The molecular weight excluding hydrogens is 500 g/mol. The molecule has 38 heavy (non-hydrogen) atoms. The van der Waals surface area contributed by atoms with E-state index >= 15 is 0 Å². The number of unbranched alkanes of at least 4 members (excludes halogenated alkanes) is 6. The Morgan fingerprint density at radius 1 is 1.13 bits per heavy atom. The lowest BCUT2D eigenvalue weighted by Crippen LogP contribution is -2.55. The number of fused-ring (bicyclic) bond motifs is 1. The number of carbonyl (C=O) groups excluding carboxylic acids is 3. The fourth-order valence-corrected chi connectivity index (χ4v) is 9.05. The van der Waals surface area contributed by atoms with Crippen LogP contribution in [0.25, 0.3) is 0 Å². The summed E-state index contributed by atoms with van der Waals surface area (Å²) in [5.74, 6) is -1.46. The van der Waals surface area contributed by atoms with Crippen molar-refractivity contribution in [2.24, 2.45) is 11.8 Å². The molecule has 214 valence electrons. The molecule has 0 aliphatic carbocycles. The van der Waals surface area contributed by atoms with E-state index in [1.807, 2.05) is 11.0 Å². The zero-order chi connectivity index (χ0) is 27.8. The molecule has 3 heterocycles. The number of ether oxygens (including phenoxy) is 1. The molecule has 3 saturated heterocycles. The first-order valence-electron chi connectivity index (χ1n) is 14.6. The quantitative estimate of drug-likeness (QED) is 0.151. The number of amides is 2. The second-order valence-corrected chi connectivity index (χ2v) is 13.2. The van der Waals surface area contributed by atoms with Gasteiger partial charge in [-0.25, -0.2) is 0 Å². The number of thioether (sulfide) groups is 1. The zero-order valence-corrected chi connectivity index (χ0v) is 24.3. The molecule has 0 aromatic heterocycles. The van der Waals surface area contributed by atoms with Crippen molar-refractivity contribution >= 4 is 29.5 Å². The number of rotatable bonds is 18. The maximum Gasteiger partial charge on any atom is 0.311 e. The lowest BCUT2D eigenvalue weighted by atomic mass is 9.66. The highest BCUT2D eigenvalue weighted by Gasteiger charge is 2.77. The highest BCUT2D eigenvalue weighted by atomic mass is 32.2. The fraction of sp³-hybridized carbons (Fsp3) is 0.767. The Labute approximate surface area is 233 Å². The molecule has 5 atom stereocenters. The van der Waals surface area contributed by atoms with Crippen LogP contribution in [0.5, 0.6) is 0 Å². The summed E-state index contributed by atoms with van der Waals surface area (Å²) < 4.78 is 4.69. The van der Waals surface area contributed by atoms with Crippen LogP contribution in [0.3, 0.4) is 0 Å². The predicted octanol–water partition coefficient (Wildman–Crippen LogP) is 4.73. The standard InChI is InChI=1S/C30H48N2O5S/c1-5-8-12-19-31(18-7-3)27(35)25-30-17-16-29(4,38-30)24(28(36)37-22-15-9-6-2)23(30)26(34)32(25)20-13-10-11-14-21-33/h6-7,23-25,33H,2-3,5,8-22H2,1,4H3/t23-,24+,25?,29-,30?/m0/s1. The van der Waals surface area contributed by atoms with Crippen molar-refractivity contribution in [3.05, 3.63) is 25.3 Å². The van der Waals surface area contributed by atoms with Crippen LogP contribution in [0.2, 0.25) is 0 Å². The molecule has 0 radical (unpaired) electrons. The predicted molar refractivity (Wildman–Crippen MR) is 153 cm³/mol. The molecule has 1 spiro atoms. The Morgan fingerprint density at radius 2 is 1.89 bits per heavy atom. The number of allylic oxidation sites excluding steroid dienone is 1. The van der Waals surface area contributed by atoms with Gasteiger partial charge in [-0.15, -0.1) is 24.9 Å². The summed E-state index contributed by atoms with van der Waals surface area (Å²) >= 11 is 1.70. The molecule has 7 nitrogen and oxygen atoms in total. The van der Waals surface area contributed by atoms with Crippen molar-refractivity contribution < 1.29 is 24.2 Å². The van der Waals surface area contributed by atoms with Gasteiger partial charge in [-0.1, -0.05) is 44.8 Å². The van der Waals surface area contributed by atoms with Gasteiger partial charge in [0.15, 0.2) is 0 Å². The number of nitrogens with zero attached hydrogens (tertiary/aromatic N) is 2. The maximum absolute atomic E-state index is 14.3. The minimum absolute atomic E-state index is 0.0102. The van der Waals surface area contributed by atoms with Gasteiger partial charge in [0.05, 0.1) is 23.2 Å². The molecule has 3 aliphatic rings. The second-order valence-electron chi connectivity index (χ2n) is 11.3. The van der Waals surface area contributed by atoms with Crippen LogP contribution in [-0.4, -0.2) is 81.1 Å². The first-order valence-corrected chi connectivity index (χ1v) is 15.4. The van der Waals surface area contributed by atoms with Crippen LogP contribution in [0.15, 0.2) is 25.3 Å². The minimum Gasteiger partial charge on any atom is -0.465 e. The van der Waals surface area contributed by atoms with E-state index in [0.717, 1.165) is 64.2 Å². The van der Waals surface area contributed by atoms with Crippen molar-refractivity contribution in [3.63, 3.8) is 0 Å². The monoisotopic (exact) mass is 548 g/mol. The van der Waals surface area contributed by atoms with Crippen LogP contribution >= 0.6 is 11.8 Å². The van der Waals surface area contributed by atoms with Gasteiger partial charge in [0, 0.05) is 31.0 Å². The number of carbonyl (C=O) groups is 3. The van der Waals surface area contributed by atoms with Gasteiger partial charge in [-0.3, -0.25) is 14.4 Å². The Bertz CT molecular complexity index is 866. The first-order chi connectivity index (χ1) is 18.3. The SMILES string of the molecule is C=CCCCOC(=O)[C@H]1[C@H]2C(=O)N(CCCCCCO)C(C(=O)N(CC=C)CCCCC)C23CC[C@]1(C)S3. The summed E-state index contributed by atoms with van der Waals surface area (Å²) in [7, 11) is 0. The van der Waals surface area contributed by atoms with E-state index in [0.29, 0.717) is 32.7 Å². The zero-order valence-electron chi connectivity index (χ0n) is 23.5. The van der Waals surface area contributed by atoms with Gasteiger partial charge in [-0.05, 0) is 51.9 Å². The molecular formula is C30H48N2O5S. The Kier molecular flexibility index (Phi) is 11.3. The summed E-state index contributed by atoms with van der Waals surface area (Å²) in [6.07, 6.45) is 12.9. The highest BCUT2D eigenvalue weighted by Crippen LogP contribution is 2.71. The second kappa shape index (κ2) is 14.0. The smallest absolute Gasteiger partial charge is 0.311 e. The van der Waals surface area contributed by atoms with E-state index in [-0.39, 0.29) is 24.4 Å². The van der Waals surface area contributed by atoms with E-state index in [9.17, 15) is 14.4 Å². The number of hydrogen-bond donors (Lipinski definition) is 1. The average Bonchev–Trinajstić information content (AvgIpc) is 3.46. The van der Waals surface area contributed by atoms with Gasteiger partial charge >= 0.3 is 5.97 Å². The fourth-order valence-electron chi connectivity index (χ4n) is 6.71. The molecule has 2 amide bonds. The maximum atomic E-state index is 14.3. The molecule has 0 saturated carbocycles. The number of hydrogen-bond acceptors (Lipinski definition) is 6. The summed E-state index contributed by atoms with van der Waals surface area (Å²) in [4.78, 5) is 45.5. The minimum atomic E-state index is -0.608. The van der Waals surface area contributed by atoms with Gasteiger partial charge in [0.1, 0.15) is 6.04 Å². The molecule has 3 aliphatic heterocycles. The normalized spacial score (nSPS) is 29.4. The third-order valence-corrected chi connectivity index (χ3v) is 10.5. The van der Waals surface area contributed by atoms with Crippen molar-refractivity contribution in [1.82, 2.24) is 9.80 Å². The molecule has 0 aromatic carbocycles. The largest absolute Gasteiger partial charge is 0.465 e. The number of likely N-dealkylation sites (tertiary alicyclic amines) is 1. The van der Waals surface area contributed by atoms with Gasteiger partial charge in [0.25, 0.3) is 0 Å². The van der Waals surface area contributed by atoms with Crippen molar-refractivity contribution in [2.75, 3.05) is 32.8 Å². The van der Waals surface area contributed by atoms with Crippen LogP contribution in [-0.2, 0) is 19.1 Å². The summed E-state index contributed by atoms with van der Waals surface area (Å²) in [5.41, 5.74) is 0. The van der Waals surface area contributed by atoms with Crippen molar-refractivity contribution in [2.45, 2.75) is 100 Å². The van der Waals surface area contributed by atoms with Crippen molar-refractivity contribution in [3.8, 4) is 0 Å². The molecule has 0 aromatic rings. The van der Waals surface area contributed by atoms with Crippen LogP contribution < -0.4 is 0 Å².